The summed E-state index contributed by atoms with van der Waals surface area (Å²) in [4.78, 5) is 21.8. The number of amides is 1. The number of benzene rings is 2. The van der Waals surface area contributed by atoms with Crippen LogP contribution in [-0.2, 0) is 0 Å². The fourth-order valence-electron chi connectivity index (χ4n) is 3.38. The Hall–Kier alpha value is -3.18. The van der Waals surface area contributed by atoms with Crippen LogP contribution in [0.3, 0.4) is 0 Å². The number of aromatic nitrogens is 4. The Balaban J connectivity index is 1.86. The number of hydrogen-bond acceptors (Lipinski definition) is 8. The largest absolute Gasteiger partial charge is 0.495 e. The van der Waals surface area contributed by atoms with Gasteiger partial charge < -0.3 is 26.4 Å². The molecule has 33 heavy (non-hydrogen) atoms. The van der Waals surface area contributed by atoms with E-state index in [-0.39, 0.29) is 5.91 Å². The SMILES string of the molecule is CNC(=O)c1ccccc1Nc1nc(Nc2cc(N)ccc2OC)nc2c1c(C)nn2PI. The van der Waals surface area contributed by atoms with Gasteiger partial charge in [0.1, 0.15) is 11.6 Å². The summed E-state index contributed by atoms with van der Waals surface area (Å²) in [6.07, 6.45) is 0.344. The van der Waals surface area contributed by atoms with Crippen molar-refractivity contribution in [2.75, 3.05) is 30.5 Å². The van der Waals surface area contributed by atoms with Crippen molar-refractivity contribution in [1.29, 1.82) is 0 Å². The summed E-state index contributed by atoms with van der Waals surface area (Å²) in [5.74, 6) is 1.27. The number of nitrogens with one attached hydrogen (secondary N) is 3. The van der Waals surface area contributed by atoms with Crippen LogP contribution in [0.2, 0.25) is 0 Å². The Morgan fingerprint density at radius 1 is 1.15 bits per heavy atom. The Morgan fingerprint density at radius 3 is 2.67 bits per heavy atom. The van der Waals surface area contributed by atoms with E-state index in [0.29, 0.717) is 52.2 Å². The first-order valence-electron chi connectivity index (χ1n) is 9.87. The Kier molecular flexibility index (Phi) is 6.80. The number of halogens is 1. The van der Waals surface area contributed by atoms with Gasteiger partial charge in [0.2, 0.25) is 5.95 Å². The predicted octanol–water partition coefficient (Wildman–Crippen LogP) is 4.36. The second-order valence-corrected chi connectivity index (χ2v) is 9.05. The van der Waals surface area contributed by atoms with Crippen LogP contribution in [0, 0.1) is 6.92 Å². The van der Waals surface area contributed by atoms with E-state index in [0.717, 1.165) is 11.1 Å². The molecule has 0 fully saturated rings. The normalized spacial score (nSPS) is 11.2. The highest BCUT2D eigenvalue weighted by molar-refractivity contribution is 14.2. The quantitative estimate of drug-likeness (QED) is 0.145. The summed E-state index contributed by atoms with van der Waals surface area (Å²) >= 11 is 2.26. The summed E-state index contributed by atoms with van der Waals surface area (Å²) in [6.45, 7) is 1.91. The number of para-hydroxylation sites is 1. The molecular weight excluding hydrogens is 554 g/mol. The van der Waals surface area contributed by atoms with Crippen molar-refractivity contribution in [3.63, 3.8) is 0 Å². The molecule has 1 unspecified atom stereocenters. The van der Waals surface area contributed by atoms with Crippen LogP contribution in [0.15, 0.2) is 42.5 Å². The number of hydrogen-bond donors (Lipinski definition) is 4. The molecule has 4 aromatic rings. The van der Waals surface area contributed by atoms with E-state index in [2.05, 4.69) is 43.1 Å². The van der Waals surface area contributed by atoms with Gasteiger partial charge in [-0.3, -0.25) is 4.79 Å². The van der Waals surface area contributed by atoms with Crippen molar-refractivity contribution in [1.82, 2.24) is 24.8 Å². The molecule has 0 saturated carbocycles. The van der Waals surface area contributed by atoms with Gasteiger partial charge >= 0.3 is 0 Å². The van der Waals surface area contributed by atoms with Crippen LogP contribution in [0.5, 0.6) is 5.75 Å². The third-order valence-corrected chi connectivity index (χ3v) is 6.75. The zero-order valence-corrected chi connectivity index (χ0v) is 21.3. The van der Waals surface area contributed by atoms with Gasteiger partial charge in [0.15, 0.2) is 5.65 Å². The van der Waals surface area contributed by atoms with Crippen molar-refractivity contribution < 1.29 is 9.53 Å². The molecule has 0 spiro atoms. The number of ether oxygens (including phenoxy) is 1. The standard InChI is InChI=1S/C21H22IN8O2P/c1-11-17-18(25-14-7-5-4-6-13(14)20(31)24-2)27-21(28-19(17)30(29-11)33-22)26-15-10-12(23)8-9-16(15)32-3/h4-10,33H,23H2,1-3H3,(H,24,31)(H2,25,26,27,28). The first-order chi connectivity index (χ1) is 15.9. The molecule has 0 aliphatic heterocycles. The monoisotopic (exact) mass is 576 g/mol. The number of rotatable bonds is 7. The van der Waals surface area contributed by atoms with E-state index in [1.165, 1.54) is 0 Å². The van der Waals surface area contributed by atoms with Crippen LogP contribution in [-0.4, -0.2) is 39.6 Å². The molecule has 5 N–H and O–H groups in total. The molecule has 1 atom stereocenters. The van der Waals surface area contributed by atoms with E-state index in [1.807, 2.05) is 29.6 Å². The molecule has 0 bridgehead atoms. The molecule has 2 aromatic carbocycles. The van der Waals surface area contributed by atoms with Crippen LogP contribution >= 0.6 is 28.4 Å². The summed E-state index contributed by atoms with van der Waals surface area (Å²) in [7, 11) is 3.18. The maximum atomic E-state index is 12.4. The molecule has 0 aliphatic rings. The zero-order valence-electron chi connectivity index (χ0n) is 18.1. The van der Waals surface area contributed by atoms with Crippen molar-refractivity contribution in [3.05, 3.63) is 53.7 Å². The molecule has 2 heterocycles. The summed E-state index contributed by atoms with van der Waals surface area (Å²) < 4.78 is 7.26. The first-order valence-corrected chi connectivity index (χ1v) is 13.9. The second-order valence-electron chi connectivity index (χ2n) is 7.01. The molecule has 0 radical (unpaired) electrons. The van der Waals surface area contributed by atoms with Crippen molar-refractivity contribution in [3.8, 4) is 5.75 Å². The van der Waals surface area contributed by atoms with Gasteiger partial charge in [-0.25, -0.2) is 4.45 Å². The number of carbonyl (C=O) groups is 1. The van der Waals surface area contributed by atoms with Gasteiger partial charge in [-0.2, -0.15) is 15.1 Å². The highest BCUT2D eigenvalue weighted by atomic mass is 127. The average Bonchev–Trinajstić information content (AvgIpc) is 3.14. The average molecular weight is 576 g/mol. The number of carbonyl (C=O) groups excluding carboxylic acids is 1. The Labute approximate surface area is 205 Å². The van der Waals surface area contributed by atoms with E-state index in [9.17, 15) is 4.79 Å². The highest BCUT2D eigenvalue weighted by Crippen LogP contribution is 2.36. The highest BCUT2D eigenvalue weighted by Gasteiger charge is 2.19. The molecule has 170 valence electrons. The third kappa shape index (κ3) is 4.64. The number of nitrogen functional groups attached to an aromatic ring is 1. The second kappa shape index (κ2) is 9.75. The number of nitrogens with zero attached hydrogens (tertiary/aromatic N) is 4. The molecule has 4 rings (SSSR count). The van der Waals surface area contributed by atoms with Crippen molar-refractivity contribution in [2.45, 2.75) is 6.92 Å². The van der Waals surface area contributed by atoms with Gasteiger partial charge in [0.05, 0.1) is 41.5 Å². The van der Waals surface area contributed by atoms with Gasteiger partial charge in [-0.1, -0.05) is 12.1 Å². The molecule has 10 nitrogen and oxygen atoms in total. The predicted molar refractivity (Wildman–Crippen MR) is 142 cm³/mol. The van der Waals surface area contributed by atoms with Crippen molar-refractivity contribution in [2.24, 2.45) is 0 Å². The molecule has 1 amide bonds. The number of nitrogens with two attached hydrogens (primary N) is 1. The van der Waals surface area contributed by atoms with E-state index in [1.54, 1.807) is 38.4 Å². The fraction of sp³-hybridized carbons (Fsp3) is 0.143. The summed E-state index contributed by atoms with van der Waals surface area (Å²) in [6, 6.07) is 12.5. The molecule has 0 aliphatic carbocycles. The fourth-order valence-corrected chi connectivity index (χ4v) is 4.82. The van der Waals surface area contributed by atoms with Crippen LogP contribution in [0.4, 0.5) is 28.8 Å². The Morgan fingerprint density at radius 2 is 1.94 bits per heavy atom. The first kappa shape index (κ1) is 23.0. The molecule has 0 saturated heterocycles. The molecule has 12 heteroatoms. The van der Waals surface area contributed by atoms with Crippen LogP contribution < -0.4 is 26.4 Å². The van der Waals surface area contributed by atoms with Gasteiger partial charge in [-0.05, 0) is 59.3 Å². The smallest absolute Gasteiger partial charge is 0.253 e. The minimum absolute atomic E-state index is 0.201. The summed E-state index contributed by atoms with van der Waals surface area (Å²) in [5, 5.41) is 14.6. The Bertz CT molecular complexity index is 1340. The lowest BCUT2D eigenvalue weighted by atomic mass is 10.1. The van der Waals surface area contributed by atoms with E-state index < -0.39 is 0 Å². The topological polar surface area (TPSA) is 132 Å². The maximum absolute atomic E-state index is 12.4. The molecule has 2 aromatic heterocycles. The number of fused-ring (bicyclic) bond motifs is 1. The minimum Gasteiger partial charge on any atom is -0.495 e. The lowest BCUT2D eigenvalue weighted by molar-refractivity contribution is 0.0964. The number of aryl methyl sites for hydroxylation is 1. The van der Waals surface area contributed by atoms with E-state index >= 15 is 0 Å². The zero-order chi connectivity index (χ0) is 23.5. The van der Waals surface area contributed by atoms with E-state index in [4.69, 9.17) is 20.4 Å². The van der Waals surface area contributed by atoms with Gasteiger partial charge in [-0.15, -0.1) is 0 Å². The van der Waals surface area contributed by atoms with Crippen LogP contribution in [0.1, 0.15) is 16.1 Å². The number of anilines is 5. The lowest BCUT2D eigenvalue weighted by Crippen LogP contribution is -2.19. The van der Waals surface area contributed by atoms with Crippen molar-refractivity contribution >= 4 is 74.2 Å². The van der Waals surface area contributed by atoms with Gasteiger partial charge in [0.25, 0.3) is 5.91 Å². The minimum atomic E-state index is -0.201. The molecular formula is C21H22IN8O2P. The summed E-state index contributed by atoms with van der Waals surface area (Å²) in [5.41, 5.74) is 9.74. The third-order valence-electron chi connectivity index (χ3n) is 4.90. The number of methoxy groups -OCH3 is 1. The lowest BCUT2D eigenvalue weighted by Gasteiger charge is -2.14. The van der Waals surface area contributed by atoms with Crippen LogP contribution in [0.25, 0.3) is 11.0 Å². The maximum Gasteiger partial charge on any atom is 0.253 e. The van der Waals surface area contributed by atoms with Gasteiger partial charge in [0, 0.05) is 12.7 Å².